The maximum Gasteiger partial charge on any atom is -0.00204 e. The minimum atomic E-state index is 0.565. The fourth-order valence-electron chi connectivity index (χ4n) is 2.05. The molecule has 1 atom stereocenters. The zero-order chi connectivity index (χ0) is 8.32. The van der Waals surface area contributed by atoms with E-state index in [-0.39, 0.29) is 0 Å². The maximum absolute atomic E-state index is 5.77. The van der Waals surface area contributed by atoms with Gasteiger partial charge in [-0.3, -0.25) is 0 Å². The first-order valence-corrected chi connectivity index (χ1v) is 4.92. The first kappa shape index (κ1) is 9.05. The predicted octanol–water partition coefficient (Wildman–Crippen LogP) is 2.55. The van der Waals surface area contributed by atoms with Gasteiger partial charge in [-0.05, 0) is 37.1 Å². The van der Waals surface area contributed by atoms with Crippen LogP contribution in [0.5, 0.6) is 0 Å². The van der Waals surface area contributed by atoms with Crippen molar-refractivity contribution in [2.24, 2.45) is 17.1 Å². The molecule has 0 amide bonds. The highest BCUT2D eigenvalue weighted by molar-refractivity contribution is 4.89. The van der Waals surface area contributed by atoms with Crippen molar-refractivity contribution < 1.29 is 0 Å². The number of rotatable bonds is 4. The first-order chi connectivity index (χ1) is 5.22. The Morgan fingerprint density at radius 3 is 2.36 bits per heavy atom. The molecule has 0 aromatic heterocycles. The Kier molecular flexibility index (Phi) is 2.94. The second-order valence-corrected chi connectivity index (χ2v) is 4.28. The van der Waals surface area contributed by atoms with Crippen molar-refractivity contribution in [1.29, 1.82) is 0 Å². The Bertz CT molecular complexity index is 111. The topological polar surface area (TPSA) is 26.0 Å². The Morgan fingerprint density at radius 1 is 1.45 bits per heavy atom. The summed E-state index contributed by atoms with van der Waals surface area (Å²) in [4.78, 5) is 0. The molecule has 11 heavy (non-hydrogen) atoms. The molecule has 0 aromatic carbocycles. The van der Waals surface area contributed by atoms with E-state index in [0.29, 0.717) is 5.41 Å². The highest BCUT2D eigenvalue weighted by Crippen LogP contribution is 2.45. The molecule has 2 N–H and O–H groups in total. The number of hydrogen-bond donors (Lipinski definition) is 1. The molecule has 1 heteroatoms. The Morgan fingerprint density at radius 2 is 2.09 bits per heavy atom. The molecule has 0 radical (unpaired) electrons. The molecular weight excluding hydrogens is 134 g/mol. The van der Waals surface area contributed by atoms with E-state index in [1.807, 2.05) is 0 Å². The van der Waals surface area contributed by atoms with Crippen molar-refractivity contribution in [2.45, 2.75) is 46.0 Å². The van der Waals surface area contributed by atoms with Gasteiger partial charge in [0, 0.05) is 0 Å². The highest BCUT2D eigenvalue weighted by atomic mass is 14.6. The van der Waals surface area contributed by atoms with Crippen molar-refractivity contribution in [3.8, 4) is 0 Å². The summed E-state index contributed by atoms with van der Waals surface area (Å²) >= 11 is 0. The van der Waals surface area contributed by atoms with Gasteiger partial charge in [-0.2, -0.15) is 0 Å². The summed E-state index contributed by atoms with van der Waals surface area (Å²) in [6.45, 7) is 5.53. The smallest absolute Gasteiger partial charge is 0.00204 e. The lowest BCUT2D eigenvalue weighted by Gasteiger charge is -2.42. The van der Waals surface area contributed by atoms with E-state index in [1.54, 1.807) is 0 Å². The summed E-state index contributed by atoms with van der Waals surface area (Å²) in [5.74, 6) is 0.874. The lowest BCUT2D eigenvalue weighted by atomic mass is 9.64. The van der Waals surface area contributed by atoms with Gasteiger partial charge in [0.25, 0.3) is 0 Å². The molecule has 1 rings (SSSR count). The predicted molar refractivity (Wildman–Crippen MR) is 49.4 cm³/mol. The molecule has 1 aliphatic carbocycles. The van der Waals surface area contributed by atoms with Crippen LogP contribution in [-0.2, 0) is 0 Å². The van der Waals surface area contributed by atoms with Crippen LogP contribution in [0.3, 0.4) is 0 Å². The summed E-state index contributed by atoms with van der Waals surface area (Å²) in [5.41, 5.74) is 6.34. The quantitative estimate of drug-likeness (QED) is 0.663. The van der Waals surface area contributed by atoms with Gasteiger partial charge >= 0.3 is 0 Å². The molecule has 1 unspecified atom stereocenters. The second kappa shape index (κ2) is 3.57. The molecule has 1 saturated carbocycles. The van der Waals surface area contributed by atoms with Gasteiger partial charge in [0.05, 0.1) is 0 Å². The molecule has 1 fully saturated rings. The molecule has 0 saturated heterocycles. The fraction of sp³-hybridized carbons (Fsp3) is 1.00. The van der Waals surface area contributed by atoms with E-state index in [1.165, 1.54) is 32.1 Å². The van der Waals surface area contributed by atoms with Crippen molar-refractivity contribution >= 4 is 0 Å². The van der Waals surface area contributed by atoms with Crippen LogP contribution in [-0.4, -0.2) is 6.54 Å². The average Bonchev–Trinajstić information content (AvgIpc) is 1.96. The van der Waals surface area contributed by atoms with Gasteiger partial charge in [0.15, 0.2) is 0 Å². The first-order valence-electron chi connectivity index (χ1n) is 4.92. The summed E-state index contributed by atoms with van der Waals surface area (Å²) in [6, 6.07) is 0. The molecule has 0 bridgehead atoms. The van der Waals surface area contributed by atoms with Crippen LogP contribution in [0.1, 0.15) is 46.0 Å². The van der Waals surface area contributed by atoms with E-state index in [0.717, 1.165) is 12.5 Å². The van der Waals surface area contributed by atoms with E-state index in [9.17, 15) is 0 Å². The number of hydrogen-bond acceptors (Lipinski definition) is 1. The van der Waals surface area contributed by atoms with Gasteiger partial charge in [0.1, 0.15) is 0 Å². The fourth-order valence-corrected chi connectivity index (χ4v) is 2.05. The molecule has 0 heterocycles. The van der Waals surface area contributed by atoms with Crippen LogP contribution >= 0.6 is 0 Å². The van der Waals surface area contributed by atoms with Gasteiger partial charge in [-0.25, -0.2) is 0 Å². The van der Waals surface area contributed by atoms with Crippen molar-refractivity contribution in [3.05, 3.63) is 0 Å². The summed E-state index contributed by atoms with van der Waals surface area (Å²) in [6.07, 6.45) is 6.84. The summed E-state index contributed by atoms with van der Waals surface area (Å²) in [5, 5.41) is 0. The highest BCUT2D eigenvalue weighted by Gasteiger charge is 2.35. The number of nitrogens with two attached hydrogens (primary N) is 1. The van der Waals surface area contributed by atoms with Crippen LogP contribution in [0.2, 0.25) is 0 Å². The Labute approximate surface area is 70.4 Å². The van der Waals surface area contributed by atoms with Gasteiger partial charge < -0.3 is 5.73 Å². The van der Waals surface area contributed by atoms with E-state index < -0.39 is 0 Å². The molecule has 0 aliphatic heterocycles. The van der Waals surface area contributed by atoms with Crippen LogP contribution in [0.25, 0.3) is 0 Å². The molecule has 0 spiro atoms. The third-order valence-corrected chi connectivity index (χ3v) is 3.33. The molecule has 66 valence electrons. The van der Waals surface area contributed by atoms with E-state index >= 15 is 0 Å². The van der Waals surface area contributed by atoms with Crippen LogP contribution in [0.4, 0.5) is 0 Å². The third kappa shape index (κ3) is 1.96. The second-order valence-electron chi connectivity index (χ2n) is 4.28. The van der Waals surface area contributed by atoms with Crippen molar-refractivity contribution in [1.82, 2.24) is 0 Å². The summed E-state index contributed by atoms with van der Waals surface area (Å²) in [7, 11) is 0. The SMILES string of the molecule is CCC(C)CC1(CN)CCC1. The van der Waals surface area contributed by atoms with Crippen molar-refractivity contribution in [2.75, 3.05) is 6.54 Å². The Hall–Kier alpha value is -0.0400. The molecule has 1 nitrogen and oxygen atoms in total. The van der Waals surface area contributed by atoms with Crippen LogP contribution < -0.4 is 5.73 Å². The van der Waals surface area contributed by atoms with Gasteiger partial charge in [-0.1, -0.05) is 26.7 Å². The van der Waals surface area contributed by atoms with Crippen LogP contribution in [0.15, 0.2) is 0 Å². The van der Waals surface area contributed by atoms with Gasteiger partial charge in [0.2, 0.25) is 0 Å². The van der Waals surface area contributed by atoms with Gasteiger partial charge in [-0.15, -0.1) is 0 Å². The Balaban J connectivity index is 2.32. The lowest BCUT2D eigenvalue weighted by molar-refractivity contribution is 0.106. The minimum absolute atomic E-state index is 0.565. The lowest BCUT2D eigenvalue weighted by Crippen LogP contribution is -2.38. The monoisotopic (exact) mass is 155 g/mol. The van der Waals surface area contributed by atoms with Crippen molar-refractivity contribution in [3.63, 3.8) is 0 Å². The third-order valence-electron chi connectivity index (χ3n) is 3.33. The van der Waals surface area contributed by atoms with E-state index in [2.05, 4.69) is 13.8 Å². The zero-order valence-corrected chi connectivity index (χ0v) is 7.90. The largest absolute Gasteiger partial charge is 0.330 e. The average molecular weight is 155 g/mol. The molecular formula is C10H21N. The maximum atomic E-state index is 5.77. The zero-order valence-electron chi connectivity index (χ0n) is 7.90. The molecule has 0 aromatic rings. The standard InChI is InChI=1S/C10H21N/c1-3-9(2)7-10(8-11)5-4-6-10/h9H,3-8,11H2,1-2H3. The van der Waals surface area contributed by atoms with E-state index in [4.69, 9.17) is 5.73 Å². The normalized spacial score (nSPS) is 24.3. The summed E-state index contributed by atoms with van der Waals surface area (Å²) < 4.78 is 0. The van der Waals surface area contributed by atoms with Crippen LogP contribution in [0, 0.1) is 11.3 Å². The minimum Gasteiger partial charge on any atom is -0.330 e. The molecule has 1 aliphatic rings.